The summed E-state index contributed by atoms with van der Waals surface area (Å²) in [6, 6.07) is 19.3. The summed E-state index contributed by atoms with van der Waals surface area (Å²) in [7, 11) is 2.00. The summed E-state index contributed by atoms with van der Waals surface area (Å²) in [5.74, 6) is 0.881. The molecule has 33 heavy (non-hydrogen) atoms. The van der Waals surface area contributed by atoms with Crippen molar-refractivity contribution < 1.29 is 13.2 Å². The first-order valence-corrected chi connectivity index (χ1v) is 12.7. The summed E-state index contributed by atoms with van der Waals surface area (Å²) >= 11 is 0. The van der Waals surface area contributed by atoms with Crippen LogP contribution in [0.25, 0.3) is 10.8 Å². The number of hydrogen-bond donors (Lipinski definition) is 1. The van der Waals surface area contributed by atoms with E-state index in [1.165, 1.54) is 0 Å². The molecule has 7 nitrogen and oxygen atoms in total. The minimum Gasteiger partial charge on any atom is -0.495 e. The normalized spacial score (nSPS) is 15.1. The third kappa shape index (κ3) is 5.08. The Morgan fingerprint density at radius 3 is 2.33 bits per heavy atom. The average Bonchev–Trinajstić information content (AvgIpc) is 2.83. The van der Waals surface area contributed by atoms with Gasteiger partial charge < -0.3 is 14.5 Å². The van der Waals surface area contributed by atoms with E-state index in [1.54, 1.807) is 19.2 Å². The van der Waals surface area contributed by atoms with E-state index in [0.717, 1.165) is 54.1 Å². The molecule has 0 radical (unpaired) electrons. The molecule has 4 rings (SSSR count). The van der Waals surface area contributed by atoms with E-state index in [0.29, 0.717) is 18.0 Å². The summed E-state index contributed by atoms with van der Waals surface area (Å²) in [5.41, 5.74) is 2.10. The molecule has 8 heteroatoms. The van der Waals surface area contributed by atoms with Gasteiger partial charge >= 0.3 is 0 Å². The lowest BCUT2D eigenvalue weighted by atomic mass is 10.1. The highest BCUT2D eigenvalue weighted by molar-refractivity contribution is 7.89. The maximum absolute atomic E-state index is 13.1. The van der Waals surface area contributed by atoms with Gasteiger partial charge in [0, 0.05) is 69.8 Å². The molecule has 1 heterocycles. The lowest BCUT2D eigenvalue weighted by Crippen LogP contribution is -2.48. The first-order valence-electron chi connectivity index (χ1n) is 11.2. The van der Waals surface area contributed by atoms with Crippen molar-refractivity contribution in [2.75, 3.05) is 70.3 Å². The molecule has 0 aliphatic carbocycles. The minimum absolute atomic E-state index is 0.324. The molecule has 0 aromatic heterocycles. The Balaban J connectivity index is 1.37. The number of sulfonamides is 1. The van der Waals surface area contributed by atoms with Gasteiger partial charge in [-0.1, -0.05) is 36.4 Å². The van der Waals surface area contributed by atoms with Gasteiger partial charge in [-0.15, -0.1) is 0 Å². The molecule has 1 fully saturated rings. The highest BCUT2D eigenvalue weighted by Gasteiger charge is 2.21. The SMILES string of the molecule is COc1ccccc1N1CCN(CCNS(=O)(=O)c2cccc3c(N(C)C)cccc23)CC1. The number of hydrogen-bond acceptors (Lipinski definition) is 6. The molecule has 0 saturated carbocycles. The van der Waals surface area contributed by atoms with Gasteiger partial charge in [0.1, 0.15) is 5.75 Å². The number of ether oxygens (including phenoxy) is 1. The maximum atomic E-state index is 13.1. The van der Waals surface area contributed by atoms with E-state index >= 15 is 0 Å². The Bertz CT molecular complexity index is 1210. The predicted molar refractivity (Wildman–Crippen MR) is 135 cm³/mol. The van der Waals surface area contributed by atoms with E-state index in [-0.39, 0.29) is 0 Å². The van der Waals surface area contributed by atoms with Crippen LogP contribution in [0.1, 0.15) is 0 Å². The van der Waals surface area contributed by atoms with Gasteiger partial charge in [-0.2, -0.15) is 0 Å². The van der Waals surface area contributed by atoms with Crippen molar-refractivity contribution >= 4 is 32.2 Å². The van der Waals surface area contributed by atoms with Gasteiger partial charge in [0.15, 0.2) is 0 Å². The molecule has 1 saturated heterocycles. The molecule has 0 bridgehead atoms. The Labute approximate surface area is 196 Å². The zero-order chi connectivity index (χ0) is 23.4. The van der Waals surface area contributed by atoms with Crippen LogP contribution in [0.2, 0.25) is 0 Å². The van der Waals surface area contributed by atoms with Crippen LogP contribution in [0, 0.1) is 0 Å². The molecule has 0 amide bonds. The highest BCUT2D eigenvalue weighted by atomic mass is 32.2. The number of nitrogens with zero attached hydrogens (tertiary/aromatic N) is 3. The fraction of sp³-hybridized carbons (Fsp3) is 0.360. The third-order valence-electron chi connectivity index (χ3n) is 6.15. The van der Waals surface area contributed by atoms with Gasteiger partial charge in [-0.3, -0.25) is 4.90 Å². The Morgan fingerprint density at radius 2 is 1.61 bits per heavy atom. The van der Waals surface area contributed by atoms with Crippen molar-refractivity contribution in [2.24, 2.45) is 0 Å². The van der Waals surface area contributed by atoms with Crippen molar-refractivity contribution in [1.29, 1.82) is 0 Å². The van der Waals surface area contributed by atoms with Gasteiger partial charge in [-0.25, -0.2) is 13.1 Å². The van der Waals surface area contributed by atoms with Gasteiger partial charge in [-0.05, 0) is 24.3 Å². The quantitative estimate of drug-likeness (QED) is 0.548. The average molecular weight is 469 g/mol. The maximum Gasteiger partial charge on any atom is 0.241 e. The van der Waals surface area contributed by atoms with Crippen LogP contribution in [0.4, 0.5) is 11.4 Å². The Kier molecular flexibility index (Phi) is 7.07. The molecular formula is C25H32N4O3S. The number of fused-ring (bicyclic) bond motifs is 1. The smallest absolute Gasteiger partial charge is 0.241 e. The Morgan fingerprint density at radius 1 is 0.909 bits per heavy atom. The topological polar surface area (TPSA) is 65.1 Å². The van der Waals surface area contributed by atoms with Crippen molar-refractivity contribution in [3.63, 3.8) is 0 Å². The molecule has 3 aromatic carbocycles. The van der Waals surface area contributed by atoms with Crippen LogP contribution in [0.15, 0.2) is 65.6 Å². The number of methoxy groups -OCH3 is 1. The number of nitrogens with one attached hydrogen (secondary N) is 1. The first-order chi connectivity index (χ1) is 15.9. The van der Waals surface area contributed by atoms with E-state index in [1.807, 2.05) is 61.5 Å². The van der Waals surface area contributed by atoms with Gasteiger partial charge in [0.25, 0.3) is 0 Å². The summed E-state index contributed by atoms with van der Waals surface area (Å²) in [6.07, 6.45) is 0. The lowest BCUT2D eigenvalue weighted by Gasteiger charge is -2.36. The van der Waals surface area contributed by atoms with Crippen LogP contribution in [-0.2, 0) is 10.0 Å². The predicted octanol–water partition coefficient (Wildman–Crippen LogP) is 3.01. The summed E-state index contributed by atoms with van der Waals surface area (Å²) in [5, 5.41) is 1.67. The summed E-state index contributed by atoms with van der Waals surface area (Å²) in [6.45, 7) is 4.56. The molecule has 1 aliphatic heterocycles. The second-order valence-corrected chi connectivity index (χ2v) is 10.2. The van der Waals surface area contributed by atoms with Crippen molar-refractivity contribution in [1.82, 2.24) is 9.62 Å². The second-order valence-electron chi connectivity index (χ2n) is 8.42. The van der Waals surface area contributed by atoms with E-state index < -0.39 is 10.0 Å². The fourth-order valence-electron chi connectivity index (χ4n) is 4.41. The van der Waals surface area contributed by atoms with Crippen LogP contribution < -0.4 is 19.3 Å². The summed E-state index contributed by atoms with van der Waals surface area (Å²) < 4.78 is 34.5. The monoisotopic (exact) mass is 468 g/mol. The first kappa shape index (κ1) is 23.4. The molecule has 1 aliphatic rings. The van der Waals surface area contributed by atoms with Crippen LogP contribution >= 0.6 is 0 Å². The van der Waals surface area contributed by atoms with Crippen LogP contribution in [0.5, 0.6) is 5.75 Å². The molecule has 3 aromatic rings. The molecule has 1 N–H and O–H groups in total. The number of benzene rings is 3. The van der Waals surface area contributed by atoms with Gasteiger partial charge in [0.05, 0.1) is 17.7 Å². The van der Waals surface area contributed by atoms with Crippen LogP contribution in [0.3, 0.4) is 0 Å². The molecule has 0 spiro atoms. The highest BCUT2D eigenvalue weighted by Crippen LogP contribution is 2.30. The minimum atomic E-state index is -3.62. The third-order valence-corrected chi connectivity index (χ3v) is 7.67. The number of rotatable bonds is 8. The van der Waals surface area contributed by atoms with Crippen molar-refractivity contribution in [3.8, 4) is 5.75 Å². The molecular weight excluding hydrogens is 436 g/mol. The van der Waals surface area contributed by atoms with E-state index in [9.17, 15) is 8.42 Å². The Hall–Kier alpha value is -2.81. The van der Waals surface area contributed by atoms with Crippen molar-refractivity contribution in [2.45, 2.75) is 4.90 Å². The zero-order valence-corrected chi connectivity index (χ0v) is 20.3. The fourth-order valence-corrected chi connectivity index (χ4v) is 5.65. The number of anilines is 2. The number of para-hydroxylation sites is 2. The standard InChI is InChI=1S/C25H32N4O3S/c1-27(2)22-11-6-9-21-20(22)8-7-13-25(21)33(30,31)26-14-15-28-16-18-29(19-17-28)23-10-4-5-12-24(23)32-3/h4-13,26H,14-19H2,1-3H3. The lowest BCUT2D eigenvalue weighted by molar-refractivity contribution is 0.261. The summed E-state index contributed by atoms with van der Waals surface area (Å²) in [4.78, 5) is 6.93. The molecule has 0 atom stereocenters. The van der Waals surface area contributed by atoms with Crippen molar-refractivity contribution in [3.05, 3.63) is 60.7 Å². The van der Waals surface area contributed by atoms with Crippen LogP contribution in [-0.4, -0.2) is 73.8 Å². The molecule has 0 unspecified atom stereocenters. The zero-order valence-electron chi connectivity index (χ0n) is 19.5. The van der Waals surface area contributed by atoms with Gasteiger partial charge in [0.2, 0.25) is 10.0 Å². The second kappa shape index (κ2) is 9.99. The molecule has 176 valence electrons. The number of piperazine rings is 1. The van der Waals surface area contributed by atoms with E-state index in [2.05, 4.69) is 20.6 Å². The van der Waals surface area contributed by atoms with E-state index in [4.69, 9.17) is 4.74 Å². The largest absolute Gasteiger partial charge is 0.495 e.